The molecule has 100 valence electrons. The Morgan fingerprint density at radius 2 is 1.82 bits per heavy atom. The Hall–Kier alpha value is -1.47. The van der Waals surface area contributed by atoms with E-state index in [0.29, 0.717) is 0 Å². The number of halogens is 3. The van der Waals surface area contributed by atoms with Crippen molar-refractivity contribution >= 4 is 12.0 Å². The van der Waals surface area contributed by atoms with Crippen LogP contribution in [0.1, 0.15) is 13.8 Å². The van der Waals surface area contributed by atoms with Crippen molar-refractivity contribution in [3.63, 3.8) is 0 Å². The van der Waals surface area contributed by atoms with Crippen molar-refractivity contribution in [1.29, 1.82) is 0 Å². The zero-order valence-corrected chi connectivity index (χ0v) is 9.71. The van der Waals surface area contributed by atoms with Gasteiger partial charge in [-0.2, -0.15) is 13.2 Å². The maximum absolute atomic E-state index is 12.1. The van der Waals surface area contributed by atoms with Crippen LogP contribution in [0.5, 0.6) is 0 Å². The predicted molar refractivity (Wildman–Crippen MR) is 53.5 cm³/mol. The number of amides is 2. The topological polar surface area (TPSA) is 69.6 Å². The molecule has 2 atom stereocenters. The molecule has 2 unspecified atom stereocenters. The van der Waals surface area contributed by atoms with Crippen LogP contribution in [-0.4, -0.2) is 47.8 Å². The van der Waals surface area contributed by atoms with E-state index >= 15 is 0 Å². The molecule has 0 aliphatic carbocycles. The molecular weight excluding hydrogens is 241 g/mol. The molecule has 0 aliphatic heterocycles. The molecule has 0 aromatic heterocycles. The van der Waals surface area contributed by atoms with Crippen molar-refractivity contribution in [3.05, 3.63) is 0 Å². The van der Waals surface area contributed by atoms with E-state index in [2.05, 4.69) is 0 Å². The molecule has 0 saturated carbocycles. The van der Waals surface area contributed by atoms with Gasteiger partial charge in [0.25, 0.3) is 0 Å². The lowest BCUT2D eigenvalue weighted by molar-refractivity contribution is -0.149. The first kappa shape index (κ1) is 15.5. The summed E-state index contributed by atoms with van der Waals surface area (Å²) in [5.74, 6) is -1.96. The van der Waals surface area contributed by atoms with Crippen molar-refractivity contribution in [3.8, 4) is 0 Å². The number of aliphatic carboxylic acids is 1. The first-order valence-corrected chi connectivity index (χ1v) is 4.86. The number of nitrogens with zero attached hydrogens (tertiary/aromatic N) is 1. The Morgan fingerprint density at radius 3 is 2.18 bits per heavy atom. The molecule has 17 heavy (non-hydrogen) atoms. The highest BCUT2D eigenvalue weighted by atomic mass is 19.4. The van der Waals surface area contributed by atoms with Gasteiger partial charge in [0.15, 0.2) is 0 Å². The van der Waals surface area contributed by atoms with E-state index in [1.807, 2.05) is 0 Å². The van der Waals surface area contributed by atoms with Crippen molar-refractivity contribution in [2.75, 3.05) is 13.6 Å². The van der Waals surface area contributed by atoms with Crippen LogP contribution in [0.3, 0.4) is 0 Å². The highest BCUT2D eigenvalue weighted by molar-refractivity contribution is 5.76. The fraction of sp³-hybridized carbons (Fsp3) is 0.778. The van der Waals surface area contributed by atoms with Gasteiger partial charge in [-0.25, -0.2) is 4.79 Å². The molecule has 2 amide bonds. The van der Waals surface area contributed by atoms with Gasteiger partial charge in [0.1, 0.15) is 6.04 Å². The number of carboxylic acids is 1. The Bertz CT molecular complexity index is 294. The molecule has 0 spiro atoms. The number of nitrogens with one attached hydrogen (secondary N) is 1. The second kappa shape index (κ2) is 5.74. The number of rotatable bonds is 4. The minimum atomic E-state index is -4.52. The van der Waals surface area contributed by atoms with Crippen molar-refractivity contribution in [2.45, 2.75) is 26.1 Å². The second-order valence-corrected chi connectivity index (χ2v) is 3.83. The fourth-order valence-electron chi connectivity index (χ4n) is 0.949. The summed E-state index contributed by atoms with van der Waals surface area (Å²) in [6.45, 7) is 2.01. The number of carbonyl (C=O) groups excluding carboxylic acids is 1. The van der Waals surface area contributed by atoms with E-state index in [-0.39, 0.29) is 6.54 Å². The van der Waals surface area contributed by atoms with Crippen LogP contribution in [0.25, 0.3) is 0 Å². The minimum Gasteiger partial charge on any atom is -0.481 e. The monoisotopic (exact) mass is 256 g/mol. The standard InChI is InChI=1S/C9H15F3N2O3/c1-5(7(15)16)4-14(3)8(17)13-6(2)9(10,11)12/h5-6H,4H2,1-3H3,(H,13,17)(H,15,16). The van der Waals surface area contributed by atoms with Crippen LogP contribution < -0.4 is 5.32 Å². The molecular formula is C9H15F3N2O3. The molecule has 8 heteroatoms. The van der Waals surface area contributed by atoms with Crippen molar-refractivity contribution in [2.24, 2.45) is 5.92 Å². The van der Waals surface area contributed by atoms with E-state index in [1.165, 1.54) is 14.0 Å². The summed E-state index contributed by atoms with van der Waals surface area (Å²) in [5.41, 5.74) is 0. The van der Waals surface area contributed by atoms with Crippen LogP contribution in [-0.2, 0) is 4.79 Å². The van der Waals surface area contributed by atoms with E-state index in [4.69, 9.17) is 5.11 Å². The van der Waals surface area contributed by atoms with E-state index in [1.54, 1.807) is 5.32 Å². The molecule has 0 heterocycles. The number of hydrogen-bond donors (Lipinski definition) is 2. The summed E-state index contributed by atoms with van der Waals surface area (Å²) >= 11 is 0. The lowest BCUT2D eigenvalue weighted by atomic mass is 10.2. The van der Waals surface area contributed by atoms with Crippen LogP contribution in [0, 0.1) is 5.92 Å². The van der Waals surface area contributed by atoms with Crippen LogP contribution in [0.2, 0.25) is 0 Å². The maximum Gasteiger partial charge on any atom is 0.408 e. The van der Waals surface area contributed by atoms with Gasteiger partial charge in [-0.15, -0.1) is 0 Å². The summed E-state index contributed by atoms with van der Waals surface area (Å²) in [6, 6.07) is -2.93. The largest absolute Gasteiger partial charge is 0.481 e. The lowest BCUT2D eigenvalue weighted by Crippen LogP contribution is -2.49. The van der Waals surface area contributed by atoms with Gasteiger partial charge in [-0.3, -0.25) is 4.79 Å². The Morgan fingerprint density at radius 1 is 1.35 bits per heavy atom. The zero-order chi connectivity index (χ0) is 13.8. The van der Waals surface area contributed by atoms with Gasteiger partial charge < -0.3 is 15.3 Å². The predicted octanol–water partition coefficient (Wildman–Crippen LogP) is 1.30. The normalized spacial score (nSPS) is 14.9. The third kappa shape index (κ3) is 5.41. The number of urea groups is 1. The SMILES string of the molecule is CC(CN(C)C(=O)NC(C)C(F)(F)F)C(=O)O. The third-order valence-electron chi connectivity index (χ3n) is 2.15. The first-order chi connectivity index (χ1) is 7.55. The van der Waals surface area contributed by atoms with Crippen LogP contribution in [0.15, 0.2) is 0 Å². The van der Waals surface area contributed by atoms with Gasteiger partial charge in [0.2, 0.25) is 0 Å². The molecule has 5 nitrogen and oxygen atoms in total. The zero-order valence-electron chi connectivity index (χ0n) is 9.71. The van der Waals surface area contributed by atoms with Gasteiger partial charge in [0.05, 0.1) is 5.92 Å². The quantitative estimate of drug-likeness (QED) is 0.796. The average Bonchev–Trinajstić information content (AvgIpc) is 2.15. The number of carbonyl (C=O) groups is 2. The average molecular weight is 256 g/mol. The molecule has 0 aliphatic rings. The summed E-state index contributed by atoms with van der Waals surface area (Å²) < 4.78 is 36.4. The van der Waals surface area contributed by atoms with E-state index in [0.717, 1.165) is 11.8 Å². The van der Waals surface area contributed by atoms with E-state index in [9.17, 15) is 22.8 Å². The van der Waals surface area contributed by atoms with Crippen molar-refractivity contribution in [1.82, 2.24) is 10.2 Å². The molecule has 0 rings (SSSR count). The van der Waals surface area contributed by atoms with Crippen LogP contribution in [0.4, 0.5) is 18.0 Å². The summed E-state index contributed by atoms with van der Waals surface area (Å²) in [5, 5.41) is 10.3. The second-order valence-electron chi connectivity index (χ2n) is 3.83. The van der Waals surface area contributed by atoms with Crippen molar-refractivity contribution < 1.29 is 27.9 Å². The molecule has 0 bridgehead atoms. The Balaban J connectivity index is 4.29. The minimum absolute atomic E-state index is 0.161. The molecule has 2 N–H and O–H groups in total. The number of alkyl halides is 3. The summed E-state index contributed by atoms with van der Waals surface area (Å²) in [7, 11) is 1.23. The molecule has 0 radical (unpaired) electrons. The van der Waals surface area contributed by atoms with Gasteiger partial charge in [0, 0.05) is 13.6 Å². The molecule has 0 aromatic rings. The Labute approximate surface area is 96.6 Å². The van der Waals surface area contributed by atoms with Crippen LogP contribution >= 0.6 is 0 Å². The molecule has 0 fully saturated rings. The Kier molecular flexibility index (Phi) is 5.24. The third-order valence-corrected chi connectivity index (χ3v) is 2.15. The smallest absolute Gasteiger partial charge is 0.408 e. The highest BCUT2D eigenvalue weighted by Gasteiger charge is 2.37. The van der Waals surface area contributed by atoms with E-state index < -0.39 is 30.1 Å². The lowest BCUT2D eigenvalue weighted by Gasteiger charge is -2.23. The maximum atomic E-state index is 12.1. The van der Waals surface area contributed by atoms with Gasteiger partial charge in [-0.1, -0.05) is 6.92 Å². The fourth-order valence-corrected chi connectivity index (χ4v) is 0.949. The van der Waals surface area contributed by atoms with Gasteiger partial charge in [-0.05, 0) is 6.92 Å². The highest BCUT2D eigenvalue weighted by Crippen LogP contribution is 2.19. The molecule has 0 aromatic carbocycles. The molecule has 0 saturated heterocycles. The summed E-state index contributed by atoms with van der Waals surface area (Å²) in [4.78, 5) is 22.7. The number of hydrogen-bond acceptors (Lipinski definition) is 2. The van der Waals surface area contributed by atoms with Gasteiger partial charge >= 0.3 is 18.2 Å². The first-order valence-electron chi connectivity index (χ1n) is 4.86. The number of carboxylic acid groups (broad SMARTS) is 1. The summed E-state index contributed by atoms with van der Waals surface area (Å²) in [6.07, 6.45) is -4.52.